The van der Waals surface area contributed by atoms with Crippen LogP contribution in [0.25, 0.3) is 0 Å². The maximum Gasteiger partial charge on any atom is 0.182 e. The molecule has 9 heteroatoms. The van der Waals surface area contributed by atoms with Gasteiger partial charge in [0.05, 0.1) is 13.2 Å². The number of rotatable bonds is 8. The summed E-state index contributed by atoms with van der Waals surface area (Å²) in [5.74, 6) is 0.0292. The van der Waals surface area contributed by atoms with Gasteiger partial charge < -0.3 is 20.9 Å². The second-order valence-electron chi connectivity index (χ2n) is 3.61. The van der Waals surface area contributed by atoms with Crippen LogP contribution in [-0.4, -0.2) is 50.5 Å². The van der Waals surface area contributed by atoms with Crippen molar-refractivity contribution in [3.63, 3.8) is 0 Å². The molecular weight excluding hydrogens is 278 g/mol. The molecule has 0 radical (unpaired) electrons. The van der Waals surface area contributed by atoms with Crippen LogP contribution in [0.1, 0.15) is 6.42 Å². The van der Waals surface area contributed by atoms with E-state index in [0.717, 1.165) is 17.8 Å². The zero-order valence-corrected chi connectivity index (χ0v) is 11.7. The molecule has 1 rings (SSSR count). The van der Waals surface area contributed by atoms with Crippen molar-refractivity contribution < 1.29 is 18.3 Å². The molecule has 0 bridgehead atoms. The van der Waals surface area contributed by atoms with Gasteiger partial charge in [-0.1, -0.05) is 0 Å². The van der Waals surface area contributed by atoms with Crippen molar-refractivity contribution in [3.8, 4) is 0 Å². The Morgan fingerprint density at radius 1 is 1.50 bits per heavy atom. The van der Waals surface area contributed by atoms with E-state index < -0.39 is 9.84 Å². The Labute approximate surface area is 110 Å². The third-order valence-electron chi connectivity index (χ3n) is 2.03. The molecule has 104 valence electrons. The van der Waals surface area contributed by atoms with Crippen molar-refractivity contribution >= 4 is 32.2 Å². The number of anilines is 2. The lowest BCUT2D eigenvalue weighted by atomic mass is 10.4. The third kappa shape index (κ3) is 4.41. The van der Waals surface area contributed by atoms with Crippen LogP contribution < -0.4 is 11.1 Å². The lowest BCUT2D eigenvalue weighted by Gasteiger charge is -2.06. The largest absolute Gasteiger partial charge is 0.394 e. The molecule has 0 saturated heterocycles. The van der Waals surface area contributed by atoms with Crippen LogP contribution in [0, 0.1) is 0 Å². The molecule has 0 spiro atoms. The summed E-state index contributed by atoms with van der Waals surface area (Å²) in [5.41, 5.74) is 5.53. The van der Waals surface area contributed by atoms with Gasteiger partial charge in [-0.05, 0) is 18.0 Å². The number of nitrogens with one attached hydrogen (secondary N) is 1. The van der Waals surface area contributed by atoms with Gasteiger partial charge >= 0.3 is 0 Å². The minimum atomic E-state index is -3.38. The molecule has 0 aliphatic carbocycles. The number of nitrogen functional groups attached to an aromatic ring is 1. The Morgan fingerprint density at radius 3 is 2.83 bits per heavy atom. The molecule has 0 aromatic carbocycles. The summed E-state index contributed by atoms with van der Waals surface area (Å²) in [6, 6.07) is 0. The van der Waals surface area contributed by atoms with Crippen molar-refractivity contribution in [1.82, 2.24) is 4.37 Å². The van der Waals surface area contributed by atoms with Crippen LogP contribution in [0.3, 0.4) is 0 Å². The van der Waals surface area contributed by atoms with E-state index >= 15 is 0 Å². The standard InChI is InChI=1S/C9H17N3O4S2/c1-18(14,15)7-8(10)12-17-9(7)11-3-2-5-16-6-4-13/h11,13H,2-6H2,1H3,(H2,10,12). The summed E-state index contributed by atoms with van der Waals surface area (Å²) in [6.45, 7) is 1.35. The highest BCUT2D eigenvalue weighted by Crippen LogP contribution is 2.31. The summed E-state index contributed by atoms with van der Waals surface area (Å²) in [5, 5.41) is 11.9. The first-order valence-corrected chi connectivity index (χ1v) is 8.01. The fourth-order valence-corrected chi connectivity index (χ4v) is 3.40. The Morgan fingerprint density at radius 2 is 2.22 bits per heavy atom. The number of nitrogens with zero attached hydrogens (tertiary/aromatic N) is 1. The molecule has 1 aromatic rings. The number of aliphatic hydroxyl groups is 1. The van der Waals surface area contributed by atoms with Gasteiger partial charge in [0, 0.05) is 19.4 Å². The quantitative estimate of drug-likeness (QED) is 0.575. The highest BCUT2D eigenvalue weighted by molar-refractivity contribution is 7.91. The van der Waals surface area contributed by atoms with Crippen molar-refractivity contribution in [2.75, 3.05) is 43.7 Å². The number of aromatic nitrogens is 1. The van der Waals surface area contributed by atoms with Crippen LogP contribution in [0.5, 0.6) is 0 Å². The van der Waals surface area contributed by atoms with Gasteiger partial charge in [0.15, 0.2) is 15.7 Å². The molecule has 0 aliphatic heterocycles. The van der Waals surface area contributed by atoms with E-state index in [4.69, 9.17) is 15.6 Å². The second kappa shape index (κ2) is 6.88. The predicted molar refractivity (Wildman–Crippen MR) is 70.6 cm³/mol. The van der Waals surface area contributed by atoms with Gasteiger partial charge in [-0.25, -0.2) is 8.42 Å². The average molecular weight is 295 g/mol. The first-order valence-electron chi connectivity index (χ1n) is 5.34. The molecule has 0 fully saturated rings. The smallest absolute Gasteiger partial charge is 0.182 e. The molecule has 1 aromatic heterocycles. The highest BCUT2D eigenvalue weighted by Gasteiger charge is 2.20. The monoisotopic (exact) mass is 295 g/mol. The van der Waals surface area contributed by atoms with E-state index in [-0.39, 0.29) is 17.3 Å². The number of hydrogen-bond donors (Lipinski definition) is 3. The maximum atomic E-state index is 11.5. The molecule has 7 nitrogen and oxygen atoms in total. The highest BCUT2D eigenvalue weighted by atomic mass is 32.2. The van der Waals surface area contributed by atoms with Crippen LogP contribution in [0.15, 0.2) is 4.90 Å². The molecule has 1 heterocycles. The molecule has 0 atom stereocenters. The SMILES string of the molecule is CS(=O)(=O)c1c(N)nsc1NCCCOCCO. The molecular formula is C9H17N3O4S2. The van der Waals surface area contributed by atoms with E-state index in [1.54, 1.807) is 0 Å². The summed E-state index contributed by atoms with van der Waals surface area (Å²) >= 11 is 1.03. The topological polar surface area (TPSA) is 115 Å². The Hall–Kier alpha value is -0.900. The fourth-order valence-electron chi connectivity index (χ4n) is 1.31. The van der Waals surface area contributed by atoms with E-state index in [1.807, 2.05) is 0 Å². The van der Waals surface area contributed by atoms with Gasteiger partial charge in [-0.3, -0.25) is 0 Å². The fraction of sp³-hybridized carbons (Fsp3) is 0.667. The van der Waals surface area contributed by atoms with E-state index in [2.05, 4.69) is 9.69 Å². The lowest BCUT2D eigenvalue weighted by molar-refractivity contribution is 0.0922. The van der Waals surface area contributed by atoms with Crippen molar-refractivity contribution in [2.45, 2.75) is 11.3 Å². The predicted octanol–water partition coefficient (Wildman–Crippen LogP) is -0.0603. The zero-order chi connectivity index (χ0) is 13.6. The first kappa shape index (κ1) is 15.2. The Balaban J connectivity index is 2.49. The summed E-state index contributed by atoms with van der Waals surface area (Å²) in [4.78, 5) is 0.0591. The van der Waals surface area contributed by atoms with Gasteiger partial charge in [0.2, 0.25) is 0 Å². The van der Waals surface area contributed by atoms with Crippen LogP contribution >= 0.6 is 11.5 Å². The Bertz CT molecular complexity index is 472. The molecule has 0 saturated carbocycles. The number of sulfone groups is 1. The van der Waals surface area contributed by atoms with Gasteiger partial charge in [-0.2, -0.15) is 4.37 Å². The van der Waals surface area contributed by atoms with Crippen LogP contribution in [-0.2, 0) is 14.6 Å². The van der Waals surface area contributed by atoms with E-state index in [0.29, 0.717) is 31.2 Å². The van der Waals surface area contributed by atoms with Gasteiger partial charge in [0.25, 0.3) is 0 Å². The minimum Gasteiger partial charge on any atom is -0.394 e. The number of nitrogens with two attached hydrogens (primary N) is 1. The van der Waals surface area contributed by atoms with Gasteiger partial charge in [-0.15, -0.1) is 0 Å². The zero-order valence-electron chi connectivity index (χ0n) is 10.0. The molecule has 0 amide bonds. The number of aliphatic hydroxyl groups excluding tert-OH is 1. The van der Waals surface area contributed by atoms with Crippen molar-refractivity contribution in [1.29, 1.82) is 0 Å². The van der Waals surface area contributed by atoms with E-state index in [9.17, 15) is 8.42 Å². The normalized spacial score (nSPS) is 11.7. The second-order valence-corrected chi connectivity index (χ2v) is 6.34. The summed E-state index contributed by atoms with van der Waals surface area (Å²) in [6.07, 6.45) is 1.80. The van der Waals surface area contributed by atoms with Crippen LogP contribution in [0.4, 0.5) is 10.8 Å². The maximum absolute atomic E-state index is 11.5. The first-order chi connectivity index (χ1) is 8.46. The summed E-state index contributed by atoms with van der Waals surface area (Å²) < 4.78 is 31.9. The molecule has 0 aliphatic rings. The third-order valence-corrected chi connectivity index (χ3v) is 4.13. The van der Waals surface area contributed by atoms with Crippen molar-refractivity contribution in [2.24, 2.45) is 0 Å². The minimum absolute atomic E-state index is 0.00294. The molecule has 0 unspecified atom stereocenters. The average Bonchev–Trinajstić information content (AvgIpc) is 2.64. The van der Waals surface area contributed by atoms with Gasteiger partial charge in [0.1, 0.15) is 9.90 Å². The van der Waals surface area contributed by atoms with Crippen LogP contribution in [0.2, 0.25) is 0 Å². The molecule has 18 heavy (non-hydrogen) atoms. The van der Waals surface area contributed by atoms with Crippen molar-refractivity contribution in [3.05, 3.63) is 0 Å². The number of hydrogen-bond acceptors (Lipinski definition) is 8. The summed E-state index contributed by atoms with van der Waals surface area (Å²) in [7, 11) is -3.38. The Kier molecular flexibility index (Phi) is 5.79. The molecule has 4 N–H and O–H groups in total. The van der Waals surface area contributed by atoms with E-state index in [1.165, 1.54) is 0 Å². The lowest BCUT2D eigenvalue weighted by Crippen LogP contribution is -2.09. The number of ether oxygens (including phenoxy) is 1.